The Morgan fingerprint density at radius 1 is 1.07 bits per heavy atom. The van der Waals surface area contributed by atoms with Gasteiger partial charge in [-0.25, -0.2) is 4.79 Å². The molecule has 1 N–H and O–H groups in total. The first kappa shape index (κ1) is 21.1. The molecule has 2 aromatic carbocycles. The van der Waals surface area contributed by atoms with Crippen LogP contribution in [0.3, 0.4) is 0 Å². The molecular formula is C21H23N3O6. The minimum atomic E-state index is -1.37. The lowest BCUT2D eigenvalue weighted by molar-refractivity contribution is -0.385. The molecule has 0 aromatic heterocycles. The topological polar surface area (TPSA) is 111 Å². The van der Waals surface area contributed by atoms with Gasteiger partial charge in [0.1, 0.15) is 23.6 Å². The molecule has 1 fully saturated rings. The SMILES string of the molecule is CCCOc1ccc(OCCN2C(=O)NC(C)(c3cccc([N+](=O)[O-])c3)C2=O)cc1. The maximum absolute atomic E-state index is 12.9. The van der Waals surface area contributed by atoms with Crippen LogP contribution in [-0.4, -0.2) is 41.5 Å². The van der Waals surface area contributed by atoms with Crippen molar-refractivity contribution in [3.63, 3.8) is 0 Å². The van der Waals surface area contributed by atoms with Crippen LogP contribution in [0.15, 0.2) is 48.5 Å². The molecule has 2 aromatic rings. The second kappa shape index (κ2) is 8.81. The van der Waals surface area contributed by atoms with Crippen molar-refractivity contribution in [3.8, 4) is 11.5 Å². The normalized spacial score (nSPS) is 18.3. The molecule has 158 valence electrons. The summed E-state index contributed by atoms with van der Waals surface area (Å²) >= 11 is 0. The zero-order chi connectivity index (χ0) is 21.7. The highest BCUT2D eigenvalue weighted by molar-refractivity contribution is 6.07. The zero-order valence-electron chi connectivity index (χ0n) is 16.8. The number of rotatable bonds is 9. The van der Waals surface area contributed by atoms with Crippen LogP contribution >= 0.6 is 0 Å². The van der Waals surface area contributed by atoms with E-state index in [1.807, 2.05) is 6.92 Å². The summed E-state index contributed by atoms with van der Waals surface area (Å²) in [5.41, 5.74) is -1.17. The molecule has 1 atom stereocenters. The number of amides is 3. The number of imide groups is 1. The maximum Gasteiger partial charge on any atom is 0.325 e. The number of nitro groups is 1. The van der Waals surface area contributed by atoms with Gasteiger partial charge >= 0.3 is 6.03 Å². The van der Waals surface area contributed by atoms with Gasteiger partial charge in [0.2, 0.25) is 0 Å². The molecule has 1 unspecified atom stereocenters. The zero-order valence-corrected chi connectivity index (χ0v) is 16.8. The Hall–Kier alpha value is -3.62. The van der Waals surface area contributed by atoms with Crippen molar-refractivity contribution in [2.75, 3.05) is 19.8 Å². The van der Waals surface area contributed by atoms with Gasteiger partial charge in [-0.3, -0.25) is 19.8 Å². The van der Waals surface area contributed by atoms with Gasteiger partial charge in [0.25, 0.3) is 11.6 Å². The summed E-state index contributed by atoms with van der Waals surface area (Å²) in [5.74, 6) is 0.846. The van der Waals surface area contributed by atoms with Crippen LogP contribution < -0.4 is 14.8 Å². The summed E-state index contributed by atoms with van der Waals surface area (Å²) < 4.78 is 11.1. The molecule has 0 radical (unpaired) electrons. The van der Waals surface area contributed by atoms with E-state index < -0.39 is 22.4 Å². The molecular weight excluding hydrogens is 390 g/mol. The lowest BCUT2D eigenvalue weighted by atomic mass is 9.91. The third-order valence-corrected chi connectivity index (χ3v) is 4.79. The van der Waals surface area contributed by atoms with Crippen molar-refractivity contribution >= 4 is 17.6 Å². The fraction of sp³-hybridized carbons (Fsp3) is 0.333. The molecule has 30 heavy (non-hydrogen) atoms. The van der Waals surface area contributed by atoms with Crippen LogP contribution in [0.1, 0.15) is 25.8 Å². The van der Waals surface area contributed by atoms with Crippen molar-refractivity contribution in [2.24, 2.45) is 0 Å². The Bertz CT molecular complexity index is 946. The minimum absolute atomic E-state index is 0.0449. The van der Waals surface area contributed by atoms with E-state index in [1.165, 1.54) is 25.1 Å². The molecule has 1 saturated heterocycles. The van der Waals surface area contributed by atoms with Crippen LogP contribution in [0.25, 0.3) is 0 Å². The highest BCUT2D eigenvalue weighted by Crippen LogP contribution is 2.30. The number of carbonyl (C=O) groups excluding carboxylic acids is 2. The molecule has 0 spiro atoms. The first-order valence-corrected chi connectivity index (χ1v) is 9.60. The molecule has 9 heteroatoms. The lowest BCUT2D eigenvalue weighted by Gasteiger charge is -2.22. The largest absolute Gasteiger partial charge is 0.494 e. The number of nitrogens with zero attached hydrogens (tertiary/aromatic N) is 2. The van der Waals surface area contributed by atoms with Crippen LogP contribution in [-0.2, 0) is 10.3 Å². The molecule has 0 saturated carbocycles. The smallest absolute Gasteiger partial charge is 0.325 e. The van der Waals surface area contributed by atoms with E-state index in [9.17, 15) is 19.7 Å². The summed E-state index contributed by atoms with van der Waals surface area (Å²) in [6, 6.07) is 12.2. The van der Waals surface area contributed by atoms with E-state index in [0.29, 0.717) is 17.9 Å². The van der Waals surface area contributed by atoms with Gasteiger partial charge < -0.3 is 14.8 Å². The van der Waals surface area contributed by atoms with Crippen molar-refractivity contribution in [1.29, 1.82) is 0 Å². The maximum atomic E-state index is 12.9. The molecule has 3 amide bonds. The minimum Gasteiger partial charge on any atom is -0.494 e. The highest BCUT2D eigenvalue weighted by atomic mass is 16.6. The predicted molar refractivity (Wildman–Crippen MR) is 108 cm³/mol. The van der Waals surface area contributed by atoms with Gasteiger partial charge in [-0.1, -0.05) is 19.1 Å². The third kappa shape index (κ3) is 4.35. The molecule has 3 rings (SSSR count). The van der Waals surface area contributed by atoms with E-state index in [1.54, 1.807) is 30.3 Å². The highest BCUT2D eigenvalue weighted by Gasteiger charge is 2.49. The molecule has 1 heterocycles. The predicted octanol–water partition coefficient (Wildman–Crippen LogP) is 3.23. The van der Waals surface area contributed by atoms with Gasteiger partial charge in [0, 0.05) is 12.1 Å². The van der Waals surface area contributed by atoms with E-state index in [0.717, 1.165) is 17.1 Å². The van der Waals surface area contributed by atoms with Crippen LogP contribution in [0.5, 0.6) is 11.5 Å². The molecule has 1 aliphatic rings. The summed E-state index contributed by atoms with van der Waals surface area (Å²) in [6.07, 6.45) is 0.916. The Labute approximate surface area is 173 Å². The first-order chi connectivity index (χ1) is 14.3. The molecule has 0 aliphatic carbocycles. The second-order valence-electron chi connectivity index (χ2n) is 6.99. The Balaban J connectivity index is 1.62. The van der Waals surface area contributed by atoms with Crippen molar-refractivity contribution < 1.29 is 24.0 Å². The fourth-order valence-electron chi connectivity index (χ4n) is 3.13. The van der Waals surface area contributed by atoms with E-state index in [2.05, 4.69) is 5.32 Å². The van der Waals surface area contributed by atoms with E-state index in [-0.39, 0.29) is 18.8 Å². The third-order valence-electron chi connectivity index (χ3n) is 4.79. The summed E-state index contributed by atoms with van der Waals surface area (Å²) in [7, 11) is 0. The molecule has 1 aliphatic heterocycles. The average molecular weight is 413 g/mol. The Morgan fingerprint density at radius 3 is 2.30 bits per heavy atom. The van der Waals surface area contributed by atoms with Crippen molar-refractivity contribution in [3.05, 3.63) is 64.2 Å². The van der Waals surface area contributed by atoms with Crippen molar-refractivity contribution in [2.45, 2.75) is 25.8 Å². The Kier molecular flexibility index (Phi) is 6.20. The van der Waals surface area contributed by atoms with E-state index >= 15 is 0 Å². The average Bonchev–Trinajstić information content (AvgIpc) is 2.97. The number of ether oxygens (including phenoxy) is 2. The van der Waals surface area contributed by atoms with Crippen molar-refractivity contribution in [1.82, 2.24) is 10.2 Å². The monoisotopic (exact) mass is 413 g/mol. The number of hydrogen-bond donors (Lipinski definition) is 1. The molecule has 0 bridgehead atoms. The number of nitro benzene ring substituents is 1. The molecule has 9 nitrogen and oxygen atoms in total. The van der Waals surface area contributed by atoms with E-state index in [4.69, 9.17) is 9.47 Å². The number of benzene rings is 2. The van der Waals surface area contributed by atoms with Gasteiger partial charge in [0.05, 0.1) is 18.1 Å². The second-order valence-corrected chi connectivity index (χ2v) is 6.99. The number of carbonyl (C=O) groups is 2. The fourth-order valence-corrected chi connectivity index (χ4v) is 3.13. The number of hydrogen-bond acceptors (Lipinski definition) is 6. The van der Waals surface area contributed by atoms with Crippen LogP contribution in [0.4, 0.5) is 10.5 Å². The van der Waals surface area contributed by atoms with Gasteiger partial charge in [-0.05, 0) is 43.2 Å². The van der Waals surface area contributed by atoms with Gasteiger partial charge in [0.15, 0.2) is 0 Å². The van der Waals surface area contributed by atoms with Crippen LogP contribution in [0, 0.1) is 10.1 Å². The quantitative estimate of drug-likeness (QED) is 0.384. The van der Waals surface area contributed by atoms with Gasteiger partial charge in [-0.15, -0.1) is 0 Å². The number of urea groups is 1. The number of nitrogens with one attached hydrogen (secondary N) is 1. The Morgan fingerprint density at radius 2 is 1.70 bits per heavy atom. The summed E-state index contributed by atoms with van der Waals surface area (Å²) in [4.78, 5) is 36.8. The summed E-state index contributed by atoms with van der Waals surface area (Å²) in [6.45, 7) is 4.35. The van der Waals surface area contributed by atoms with Gasteiger partial charge in [-0.2, -0.15) is 0 Å². The van der Waals surface area contributed by atoms with Crippen LogP contribution in [0.2, 0.25) is 0 Å². The standard InChI is InChI=1S/C21H23N3O6/c1-3-12-29-17-7-9-18(10-8-17)30-13-11-23-19(25)21(2,22-20(23)26)15-5-4-6-16(14-15)24(27)28/h4-10,14H,3,11-13H2,1-2H3,(H,22,26). The lowest BCUT2D eigenvalue weighted by Crippen LogP contribution is -2.41. The first-order valence-electron chi connectivity index (χ1n) is 9.60. The summed E-state index contributed by atoms with van der Waals surface area (Å²) in [5, 5.41) is 13.7. The number of non-ortho nitro benzene ring substituents is 1.